The van der Waals surface area contributed by atoms with Gasteiger partial charge in [-0.1, -0.05) is 16.8 Å². The molecule has 1 aromatic heterocycles. The van der Waals surface area contributed by atoms with E-state index in [0.717, 1.165) is 37.7 Å². The Kier molecular flexibility index (Phi) is 4.02. The number of nitrogens with two attached hydrogens (primary N) is 1. The predicted octanol–water partition coefficient (Wildman–Crippen LogP) is 3.41. The van der Waals surface area contributed by atoms with E-state index in [2.05, 4.69) is 10.5 Å². The molecule has 3 N–H and O–H groups in total. The zero-order valence-electron chi connectivity index (χ0n) is 15.4. The number of amides is 2. The standard InChI is InChI=1S/C21H22ClN3O3/c22-15-3-1-12(2-4-15)17-7-16(25-28-17)19(26)24-18-13-5-11-6-14(18)10-21(8-11,9-13)20(23)27/h1-4,7,11,13-14,18H,5-6,8-10H2,(H2,23,27)(H,24,26)/t11?,13?,14?,18-,21-. The molecule has 4 saturated carbocycles. The molecule has 4 bridgehead atoms. The van der Waals surface area contributed by atoms with Crippen LogP contribution in [-0.2, 0) is 4.79 Å². The molecular weight excluding hydrogens is 378 g/mol. The molecule has 6 nitrogen and oxygen atoms in total. The number of hydrogen-bond acceptors (Lipinski definition) is 4. The molecule has 7 heteroatoms. The Bertz CT molecular complexity index is 923. The van der Waals surface area contributed by atoms with Crippen molar-refractivity contribution in [1.82, 2.24) is 10.5 Å². The molecule has 0 spiro atoms. The third-order valence-corrected chi connectivity index (χ3v) is 7.22. The quantitative estimate of drug-likeness (QED) is 0.823. The van der Waals surface area contributed by atoms with Crippen LogP contribution in [-0.4, -0.2) is 23.0 Å². The van der Waals surface area contributed by atoms with E-state index in [1.54, 1.807) is 18.2 Å². The first-order valence-electron chi connectivity index (χ1n) is 9.77. The van der Waals surface area contributed by atoms with Crippen molar-refractivity contribution in [1.29, 1.82) is 0 Å². The minimum Gasteiger partial charge on any atom is -0.369 e. The molecule has 4 aliphatic rings. The zero-order valence-corrected chi connectivity index (χ0v) is 16.1. The van der Waals surface area contributed by atoms with Crippen LogP contribution in [0.4, 0.5) is 0 Å². The molecule has 0 saturated heterocycles. The highest BCUT2D eigenvalue weighted by Gasteiger charge is 2.58. The largest absolute Gasteiger partial charge is 0.369 e. The zero-order chi connectivity index (χ0) is 19.5. The van der Waals surface area contributed by atoms with Crippen molar-refractivity contribution in [2.75, 3.05) is 0 Å². The van der Waals surface area contributed by atoms with E-state index in [-0.39, 0.29) is 29.0 Å². The van der Waals surface area contributed by atoms with Gasteiger partial charge in [-0.2, -0.15) is 0 Å². The summed E-state index contributed by atoms with van der Waals surface area (Å²) in [5, 5.41) is 7.76. The number of nitrogens with one attached hydrogen (secondary N) is 1. The number of hydrogen-bond donors (Lipinski definition) is 2. The monoisotopic (exact) mass is 399 g/mol. The van der Waals surface area contributed by atoms with Gasteiger partial charge in [-0.05, 0) is 74.1 Å². The molecule has 2 amide bonds. The minimum absolute atomic E-state index is 0.0761. The van der Waals surface area contributed by atoms with Gasteiger partial charge in [-0.15, -0.1) is 0 Å². The SMILES string of the molecule is NC(=O)[C@]12CC3CC(C1)[C@@H](NC(=O)c1cc(-c4ccc(Cl)cc4)on1)C(C3)C2. The molecule has 2 atom stereocenters. The normalized spacial score (nSPS) is 33.0. The van der Waals surface area contributed by atoms with E-state index in [9.17, 15) is 9.59 Å². The van der Waals surface area contributed by atoms with E-state index in [1.807, 2.05) is 12.1 Å². The molecule has 1 heterocycles. The van der Waals surface area contributed by atoms with Crippen LogP contribution < -0.4 is 11.1 Å². The molecule has 4 aliphatic carbocycles. The second kappa shape index (κ2) is 6.34. The van der Waals surface area contributed by atoms with Gasteiger partial charge < -0.3 is 15.6 Å². The molecule has 0 aliphatic heterocycles. The maximum atomic E-state index is 12.8. The average Bonchev–Trinajstić information content (AvgIpc) is 3.15. The fourth-order valence-corrected chi connectivity index (χ4v) is 6.05. The van der Waals surface area contributed by atoms with Gasteiger partial charge in [0.1, 0.15) is 0 Å². The predicted molar refractivity (Wildman–Crippen MR) is 103 cm³/mol. The number of halogens is 1. The molecule has 1 aromatic carbocycles. The highest BCUT2D eigenvalue weighted by Crippen LogP contribution is 2.59. The third-order valence-electron chi connectivity index (χ3n) is 6.97. The van der Waals surface area contributed by atoms with Gasteiger partial charge >= 0.3 is 0 Å². The lowest BCUT2D eigenvalue weighted by Crippen LogP contribution is -2.62. The number of rotatable bonds is 4. The summed E-state index contributed by atoms with van der Waals surface area (Å²) in [5.41, 5.74) is 6.47. The molecule has 0 radical (unpaired) electrons. The molecule has 2 unspecified atom stereocenters. The van der Waals surface area contributed by atoms with Crippen molar-refractivity contribution < 1.29 is 14.1 Å². The lowest BCUT2D eigenvalue weighted by atomic mass is 9.47. The van der Waals surface area contributed by atoms with E-state index in [0.29, 0.717) is 28.5 Å². The maximum absolute atomic E-state index is 12.8. The molecular formula is C21H22ClN3O3. The van der Waals surface area contributed by atoms with E-state index in [1.165, 1.54) is 0 Å². The Labute approximate surface area is 167 Å². The first kappa shape index (κ1) is 17.7. The second-order valence-electron chi connectivity index (χ2n) is 8.70. The van der Waals surface area contributed by atoms with Crippen LogP contribution in [0.3, 0.4) is 0 Å². The summed E-state index contributed by atoms with van der Waals surface area (Å²) in [4.78, 5) is 24.9. The number of aromatic nitrogens is 1. The Morgan fingerprint density at radius 2 is 1.82 bits per heavy atom. The topological polar surface area (TPSA) is 98.2 Å². The van der Waals surface area contributed by atoms with Gasteiger partial charge in [0.25, 0.3) is 5.91 Å². The Balaban J connectivity index is 1.32. The summed E-state index contributed by atoms with van der Waals surface area (Å²) in [6, 6.07) is 8.91. The number of nitrogens with zero attached hydrogens (tertiary/aromatic N) is 1. The summed E-state index contributed by atoms with van der Waals surface area (Å²) in [5.74, 6) is 1.31. The van der Waals surface area contributed by atoms with Crippen LogP contribution >= 0.6 is 11.6 Å². The Morgan fingerprint density at radius 1 is 1.14 bits per heavy atom. The van der Waals surface area contributed by atoms with Crippen LogP contribution in [0.25, 0.3) is 11.3 Å². The molecule has 4 fully saturated rings. The van der Waals surface area contributed by atoms with Crippen molar-refractivity contribution >= 4 is 23.4 Å². The van der Waals surface area contributed by atoms with Crippen LogP contribution in [0.1, 0.15) is 42.6 Å². The first-order valence-corrected chi connectivity index (χ1v) is 10.1. The van der Waals surface area contributed by atoms with Gasteiger partial charge in [-0.25, -0.2) is 0 Å². The van der Waals surface area contributed by atoms with Crippen molar-refractivity contribution in [2.45, 2.75) is 38.1 Å². The maximum Gasteiger partial charge on any atom is 0.273 e. The fourth-order valence-electron chi connectivity index (χ4n) is 5.92. The van der Waals surface area contributed by atoms with Gasteiger partial charge in [0.05, 0.1) is 0 Å². The Hall–Kier alpha value is -2.34. The highest BCUT2D eigenvalue weighted by atomic mass is 35.5. The Morgan fingerprint density at radius 3 is 2.46 bits per heavy atom. The lowest BCUT2D eigenvalue weighted by Gasteiger charge is -2.58. The van der Waals surface area contributed by atoms with Crippen LogP contribution in [0.15, 0.2) is 34.9 Å². The van der Waals surface area contributed by atoms with Crippen LogP contribution in [0, 0.1) is 23.2 Å². The third kappa shape index (κ3) is 2.82. The molecule has 146 valence electrons. The summed E-state index contributed by atoms with van der Waals surface area (Å²) in [6.45, 7) is 0. The average molecular weight is 400 g/mol. The number of primary amides is 1. The number of carbonyl (C=O) groups is 2. The summed E-state index contributed by atoms with van der Waals surface area (Å²) < 4.78 is 5.35. The van der Waals surface area contributed by atoms with Gasteiger partial charge in [-0.3, -0.25) is 9.59 Å². The minimum atomic E-state index is -0.354. The summed E-state index contributed by atoms with van der Waals surface area (Å²) in [7, 11) is 0. The van der Waals surface area contributed by atoms with Crippen LogP contribution in [0.5, 0.6) is 0 Å². The summed E-state index contributed by atoms with van der Waals surface area (Å²) >= 11 is 5.91. The lowest BCUT2D eigenvalue weighted by molar-refractivity contribution is -0.145. The van der Waals surface area contributed by atoms with Crippen molar-refractivity contribution in [3.05, 3.63) is 41.0 Å². The van der Waals surface area contributed by atoms with Crippen molar-refractivity contribution in [3.63, 3.8) is 0 Å². The van der Waals surface area contributed by atoms with Gasteiger partial charge in [0.15, 0.2) is 11.5 Å². The molecule has 2 aromatic rings. The van der Waals surface area contributed by atoms with Gasteiger partial charge in [0.2, 0.25) is 5.91 Å². The van der Waals surface area contributed by atoms with Gasteiger partial charge in [0, 0.05) is 28.1 Å². The number of carbonyl (C=O) groups excluding carboxylic acids is 2. The van der Waals surface area contributed by atoms with E-state index < -0.39 is 0 Å². The van der Waals surface area contributed by atoms with Crippen molar-refractivity contribution in [3.8, 4) is 11.3 Å². The summed E-state index contributed by atoms with van der Waals surface area (Å²) in [6.07, 6.45) is 4.62. The molecule has 28 heavy (non-hydrogen) atoms. The number of benzene rings is 1. The van der Waals surface area contributed by atoms with Crippen LogP contribution in [0.2, 0.25) is 5.02 Å². The highest BCUT2D eigenvalue weighted by molar-refractivity contribution is 6.30. The second-order valence-corrected chi connectivity index (χ2v) is 9.13. The smallest absolute Gasteiger partial charge is 0.273 e. The van der Waals surface area contributed by atoms with Crippen molar-refractivity contribution in [2.24, 2.45) is 28.9 Å². The van der Waals surface area contributed by atoms with E-state index in [4.69, 9.17) is 21.9 Å². The fraction of sp³-hybridized carbons (Fsp3) is 0.476. The molecule has 6 rings (SSSR count). The first-order chi connectivity index (χ1) is 13.4. The van der Waals surface area contributed by atoms with E-state index >= 15 is 0 Å².